The van der Waals surface area contributed by atoms with Crippen molar-refractivity contribution in [2.45, 2.75) is 52.6 Å². The van der Waals surface area contributed by atoms with E-state index in [9.17, 15) is 0 Å². The molecule has 1 rings (SSSR count). The highest BCUT2D eigenvalue weighted by molar-refractivity contribution is 5.30. The minimum Gasteiger partial charge on any atom is -0.310 e. The number of aromatic nitrogens is 1. The fourth-order valence-corrected chi connectivity index (χ4v) is 1.90. The first-order valence-corrected chi connectivity index (χ1v) is 6.71. The van der Waals surface area contributed by atoms with Crippen LogP contribution in [0.2, 0.25) is 0 Å². The maximum absolute atomic E-state index is 8.95. The fraction of sp³-hybridized carbons (Fsp3) is 0.600. The molecular weight excluding hydrogens is 222 g/mol. The highest BCUT2D eigenvalue weighted by Crippen LogP contribution is 2.09. The molecule has 3 heteroatoms. The Morgan fingerprint density at radius 2 is 2.11 bits per heavy atom. The van der Waals surface area contributed by atoms with Gasteiger partial charge in [0.1, 0.15) is 11.8 Å². The summed E-state index contributed by atoms with van der Waals surface area (Å²) in [6.45, 7) is 7.43. The lowest BCUT2D eigenvalue weighted by molar-refractivity contribution is 0.457. The van der Waals surface area contributed by atoms with Crippen molar-refractivity contribution in [3.8, 4) is 6.07 Å². The van der Waals surface area contributed by atoms with E-state index in [1.54, 1.807) is 6.20 Å². The van der Waals surface area contributed by atoms with Crippen LogP contribution in [-0.4, -0.2) is 11.0 Å². The second-order valence-corrected chi connectivity index (χ2v) is 5.23. The molecule has 0 aliphatic rings. The molecule has 0 bridgehead atoms. The van der Waals surface area contributed by atoms with Gasteiger partial charge in [0.25, 0.3) is 0 Å². The Morgan fingerprint density at radius 1 is 1.33 bits per heavy atom. The van der Waals surface area contributed by atoms with E-state index in [0.29, 0.717) is 11.7 Å². The van der Waals surface area contributed by atoms with Crippen LogP contribution in [0.25, 0.3) is 0 Å². The third-order valence-electron chi connectivity index (χ3n) is 3.06. The second kappa shape index (κ2) is 7.84. The van der Waals surface area contributed by atoms with Gasteiger partial charge in [-0.2, -0.15) is 5.26 Å². The summed E-state index contributed by atoms with van der Waals surface area (Å²) < 4.78 is 0. The van der Waals surface area contributed by atoms with Gasteiger partial charge in [-0.15, -0.1) is 0 Å². The number of hydrogen-bond acceptors (Lipinski definition) is 3. The van der Waals surface area contributed by atoms with Gasteiger partial charge >= 0.3 is 0 Å². The molecule has 18 heavy (non-hydrogen) atoms. The molecule has 1 aromatic rings. The van der Waals surface area contributed by atoms with Gasteiger partial charge in [-0.3, -0.25) is 0 Å². The van der Waals surface area contributed by atoms with Crippen molar-refractivity contribution in [2.24, 2.45) is 5.92 Å². The predicted octanol–water partition coefficient (Wildman–Crippen LogP) is 3.26. The van der Waals surface area contributed by atoms with Gasteiger partial charge in [-0.25, -0.2) is 4.98 Å². The minimum atomic E-state index is 0.482. The molecule has 1 atom stereocenters. The Labute approximate surface area is 110 Å². The summed E-state index contributed by atoms with van der Waals surface area (Å²) in [4.78, 5) is 4.06. The van der Waals surface area contributed by atoms with Crippen LogP contribution < -0.4 is 5.32 Å². The molecule has 0 aliphatic heterocycles. The summed E-state index contributed by atoms with van der Waals surface area (Å²) in [5.74, 6) is 0.778. The monoisotopic (exact) mass is 245 g/mol. The fourth-order valence-electron chi connectivity index (χ4n) is 1.90. The van der Waals surface area contributed by atoms with Crippen molar-refractivity contribution in [3.63, 3.8) is 0 Å². The van der Waals surface area contributed by atoms with Crippen LogP contribution in [0, 0.1) is 17.2 Å². The molecule has 0 amide bonds. The number of hydrogen-bond donors (Lipinski definition) is 1. The first-order valence-electron chi connectivity index (χ1n) is 6.71. The molecule has 1 N–H and O–H groups in total. The number of nitrogens with one attached hydrogen (secondary N) is 1. The summed E-state index contributed by atoms with van der Waals surface area (Å²) in [5.41, 5.74) is 1.51. The molecule has 1 aromatic heterocycles. The number of nitrogens with zero attached hydrogens (tertiary/aromatic N) is 2. The van der Waals surface area contributed by atoms with Crippen LogP contribution >= 0.6 is 0 Å². The smallest absolute Gasteiger partial charge is 0.144 e. The molecule has 0 aliphatic carbocycles. The van der Waals surface area contributed by atoms with Crippen LogP contribution in [0.1, 0.15) is 51.3 Å². The minimum absolute atomic E-state index is 0.482. The Bertz CT molecular complexity index is 393. The van der Waals surface area contributed by atoms with Crippen molar-refractivity contribution in [3.05, 3.63) is 29.6 Å². The maximum atomic E-state index is 8.95. The molecular formula is C15H23N3. The molecule has 0 aromatic carbocycles. The number of rotatable bonds is 7. The Balaban J connectivity index is 2.34. The molecule has 0 saturated heterocycles. The molecule has 0 radical (unpaired) electrons. The molecule has 3 nitrogen and oxygen atoms in total. The zero-order chi connectivity index (χ0) is 13.4. The van der Waals surface area contributed by atoms with E-state index in [1.807, 2.05) is 12.1 Å². The highest BCUT2D eigenvalue weighted by atomic mass is 14.9. The zero-order valence-corrected chi connectivity index (χ0v) is 11.6. The molecule has 1 heterocycles. The van der Waals surface area contributed by atoms with E-state index in [1.165, 1.54) is 19.3 Å². The van der Waals surface area contributed by atoms with Crippen molar-refractivity contribution >= 4 is 0 Å². The Hall–Kier alpha value is -1.40. The molecule has 1 unspecified atom stereocenters. The van der Waals surface area contributed by atoms with Crippen molar-refractivity contribution < 1.29 is 0 Å². The Kier molecular flexibility index (Phi) is 6.38. The quantitative estimate of drug-likeness (QED) is 0.802. The molecule has 98 valence electrons. The lowest BCUT2D eigenvalue weighted by Crippen LogP contribution is -2.26. The standard InChI is InChI=1S/C15H23N3/c1-12(2)6-4-7-13(3)18-11-14-8-5-9-17-15(14)10-16/h5,8-9,12-13,18H,4,6-7,11H2,1-3H3. The molecule has 0 fully saturated rings. The second-order valence-electron chi connectivity index (χ2n) is 5.23. The summed E-state index contributed by atoms with van der Waals surface area (Å²) >= 11 is 0. The summed E-state index contributed by atoms with van der Waals surface area (Å²) in [7, 11) is 0. The van der Waals surface area contributed by atoms with E-state index in [4.69, 9.17) is 5.26 Å². The van der Waals surface area contributed by atoms with E-state index in [0.717, 1.165) is 18.0 Å². The van der Waals surface area contributed by atoms with Gasteiger partial charge in [-0.1, -0.05) is 32.8 Å². The average Bonchev–Trinajstić information content (AvgIpc) is 2.36. The Morgan fingerprint density at radius 3 is 2.78 bits per heavy atom. The highest BCUT2D eigenvalue weighted by Gasteiger charge is 2.05. The third kappa shape index (κ3) is 5.29. The summed E-state index contributed by atoms with van der Waals surface area (Å²) in [5, 5.41) is 12.4. The van der Waals surface area contributed by atoms with Crippen LogP contribution in [0.5, 0.6) is 0 Å². The van der Waals surface area contributed by atoms with E-state index in [2.05, 4.69) is 37.1 Å². The van der Waals surface area contributed by atoms with Crippen LogP contribution in [0.15, 0.2) is 18.3 Å². The number of nitriles is 1. The van der Waals surface area contributed by atoms with Gasteiger partial charge in [0.2, 0.25) is 0 Å². The average molecular weight is 245 g/mol. The normalized spacial score (nSPS) is 12.4. The first kappa shape index (κ1) is 14.7. The van der Waals surface area contributed by atoms with Crippen LogP contribution in [0.4, 0.5) is 0 Å². The molecule has 0 spiro atoms. The van der Waals surface area contributed by atoms with Gasteiger partial charge in [-0.05, 0) is 25.3 Å². The first-order chi connectivity index (χ1) is 8.63. The van der Waals surface area contributed by atoms with Crippen LogP contribution in [-0.2, 0) is 6.54 Å². The SMILES string of the molecule is CC(C)CCCC(C)NCc1cccnc1C#N. The maximum Gasteiger partial charge on any atom is 0.144 e. The van der Waals surface area contributed by atoms with Gasteiger partial charge in [0, 0.05) is 24.3 Å². The predicted molar refractivity (Wildman–Crippen MR) is 73.9 cm³/mol. The van der Waals surface area contributed by atoms with Crippen molar-refractivity contribution in [1.82, 2.24) is 10.3 Å². The number of pyridine rings is 1. The van der Waals surface area contributed by atoms with E-state index >= 15 is 0 Å². The summed E-state index contributed by atoms with van der Waals surface area (Å²) in [6, 6.07) is 6.44. The molecule has 0 saturated carbocycles. The van der Waals surface area contributed by atoms with Crippen molar-refractivity contribution in [1.29, 1.82) is 5.26 Å². The van der Waals surface area contributed by atoms with E-state index < -0.39 is 0 Å². The van der Waals surface area contributed by atoms with Crippen molar-refractivity contribution in [2.75, 3.05) is 0 Å². The van der Waals surface area contributed by atoms with Gasteiger partial charge in [0.05, 0.1) is 0 Å². The van der Waals surface area contributed by atoms with Gasteiger partial charge in [0.15, 0.2) is 0 Å². The van der Waals surface area contributed by atoms with E-state index in [-0.39, 0.29) is 0 Å². The third-order valence-corrected chi connectivity index (χ3v) is 3.06. The lowest BCUT2D eigenvalue weighted by Gasteiger charge is -2.14. The lowest BCUT2D eigenvalue weighted by atomic mass is 10.0. The van der Waals surface area contributed by atoms with Gasteiger partial charge < -0.3 is 5.32 Å². The summed E-state index contributed by atoms with van der Waals surface area (Å²) in [6.07, 6.45) is 5.38. The van der Waals surface area contributed by atoms with Crippen LogP contribution in [0.3, 0.4) is 0 Å². The zero-order valence-electron chi connectivity index (χ0n) is 11.6. The largest absolute Gasteiger partial charge is 0.310 e. The topological polar surface area (TPSA) is 48.7 Å².